The van der Waals surface area contributed by atoms with Crippen molar-refractivity contribution >= 4 is 26.0 Å². The maximum atomic E-state index is 12.2. The molecule has 0 aliphatic carbocycles. The molecule has 21 heavy (non-hydrogen) atoms. The third kappa shape index (κ3) is 3.80. The number of rotatable bonds is 6. The molecule has 1 N–H and O–H groups in total. The van der Waals surface area contributed by atoms with E-state index in [-0.39, 0.29) is 16.2 Å². The molecule has 2 aromatic rings. The van der Waals surface area contributed by atoms with E-state index in [1.165, 1.54) is 11.7 Å². The van der Waals surface area contributed by atoms with Crippen molar-refractivity contribution in [2.75, 3.05) is 6.61 Å². The van der Waals surface area contributed by atoms with E-state index < -0.39 is 10.0 Å². The molecule has 0 amide bonds. The van der Waals surface area contributed by atoms with E-state index in [1.54, 1.807) is 6.07 Å². The zero-order valence-electron chi connectivity index (χ0n) is 11.6. The van der Waals surface area contributed by atoms with Crippen LogP contribution in [0.2, 0.25) is 0 Å². The molecule has 1 aromatic carbocycles. The molecule has 0 unspecified atom stereocenters. The molecule has 0 saturated carbocycles. The lowest BCUT2D eigenvalue weighted by Crippen LogP contribution is -2.25. The molecule has 0 bridgehead atoms. The molecule has 0 atom stereocenters. The van der Waals surface area contributed by atoms with Gasteiger partial charge in [0.1, 0.15) is 5.75 Å². The van der Waals surface area contributed by atoms with Gasteiger partial charge in [0.05, 0.1) is 6.61 Å². The highest BCUT2D eigenvalue weighted by molar-refractivity contribution is 9.10. The predicted octanol–water partition coefficient (Wildman–Crippen LogP) is 1.45. The molecule has 1 heterocycles. The molecule has 1 aromatic heterocycles. The summed E-state index contributed by atoms with van der Waals surface area (Å²) in [6, 6.07) is 7.25. The smallest absolute Gasteiger partial charge is 0.260 e. The predicted molar refractivity (Wildman–Crippen MR) is 80.3 cm³/mol. The average Bonchev–Trinajstić information content (AvgIpc) is 2.78. The maximum absolute atomic E-state index is 12.2. The maximum Gasteiger partial charge on any atom is 0.260 e. The molecule has 0 fully saturated rings. The Balaban J connectivity index is 2.14. The van der Waals surface area contributed by atoms with Gasteiger partial charge in [-0.05, 0) is 40.5 Å². The summed E-state index contributed by atoms with van der Waals surface area (Å²) in [4.78, 5) is 0. The summed E-state index contributed by atoms with van der Waals surface area (Å²) >= 11 is 3.08. The molecule has 7 nitrogen and oxygen atoms in total. The minimum Gasteiger partial charge on any atom is -0.494 e. The van der Waals surface area contributed by atoms with Crippen molar-refractivity contribution < 1.29 is 13.2 Å². The van der Waals surface area contributed by atoms with Crippen LogP contribution >= 0.6 is 15.9 Å². The van der Waals surface area contributed by atoms with Gasteiger partial charge < -0.3 is 4.74 Å². The largest absolute Gasteiger partial charge is 0.494 e. The Morgan fingerprint density at radius 1 is 1.43 bits per heavy atom. The van der Waals surface area contributed by atoms with Gasteiger partial charge >= 0.3 is 0 Å². The van der Waals surface area contributed by atoms with E-state index in [9.17, 15) is 8.42 Å². The Morgan fingerprint density at radius 3 is 2.81 bits per heavy atom. The van der Waals surface area contributed by atoms with Gasteiger partial charge in [-0.1, -0.05) is 17.3 Å². The topological polar surface area (TPSA) is 86.1 Å². The Morgan fingerprint density at radius 2 is 2.19 bits per heavy atom. The monoisotopic (exact) mass is 374 g/mol. The fraction of sp³-hybridized carbons (Fsp3) is 0.333. The van der Waals surface area contributed by atoms with Crippen molar-refractivity contribution in [2.45, 2.75) is 18.5 Å². The van der Waals surface area contributed by atoms with E-state index in [0.717, 1.165) is 5.56 Å². The average molecular weight is 375 g/mol. The highest BCUT2D eigenvalue weighted by Gasteiger charge is 2.23. The number of ether oxygens (including phenoxy) is 1. The van der Waals surface area contributed by atoms with Crippen molar-refractivity contribution in [3.63, 3.8) is 0 Å². The van der Waals surface area contributed by atoms with Crippen LogP contribution in [0.1, 0.15) is 12.5 Å². The van der Waals surface area contributed by atoms with E-state index >= 15 is 0 Å². The number of aromatic nitrogens is 3. The molecule has 0 aliphatic rings. The Kier molecular flexibility index (Phi) is 4.96. The second kappa shape index (κ2) is 6.54. The summed E-state index contributed by atoms with van der Waals surface area (Å²) in [6.45, 7) is 2.60. The fourth-order valence-electron chi connectivity index (χ4n) is 1.77. The van der Waals surface area contributed by atoms with Gasteiger partial charge in [0.2, 0.25) is 5.03 Å². The van der Waals surface area contributed by atoms with Gasteiger partial charge in [-0.25, -0.2) is 17.8 Å². The van der Waals surface area contributed by atoms with E-state index in [2.05, 4.69) is 31.0 Å². The van der Waals surface area contributed by atoms with Crippen molar-refractivity contribution in [3.8, 4) is 5.75 Å². The molecule has 9 heteroatoms. The lowest BCUT2D eigenvalue weighted by Gasteiger charge is -2.08. The molecular weight excluding hydrogens is 360 g/mol. The van der Waals surface area contributed by atoms with Gasteiger partial charge in [0, 0.05) is 13.6 Å². The van der Waals surface area contributed by atoms with Crippen LogP contribution in [0.25, 0.3) is 0 Å². The first-order valence-electron chi connectivity index (χ1n) is 6.20. The Bertz CT molecular complexity index is 710. The summed E-state index contributed by atoms with van der Waals surface area (Å²) in [5.41, 5.74) is 0.802. The quantitative estimate of drug-likeness (QED) is 0.826. The Hall–Kier alpha value is -1.45. The molecule has 114 valence electrons. The van der Waals surface area contributed by atoms with E-state index in [4.69, 9.17) is 4.74 Å². The number of halogens is 1. The van der Waals surface area contributed by atoms with Crippen molar-refractivity contribution in [1.82, 2.24) is 19.7 Å². The van der Waals surface area contributed by atoms with Crippen molar-refractivity contribution in [1.29, 1.82) is 0 Å². The number of sulfonamides is 1. The Labute approximate surface area is 131 Å². The summed E-state index contributed by atoms with van der Waals surface area (Å²) in [7, 11) is -2.19. The van der Waals surface area contributed by atoms with Crippen LogP contribution in [0.15, 0.2) is 33.9 Å². The summed E-state index contributed by atoms with van der Waals surface area (Å²) in [5.74, 6) is 0.706. The summed E-state index contributed by atoms with van der Waals surface area (Å²) in [5, 5.41) is 7.31. The number of hydrogen-bond acceptors (Lipinski definition) is 5. The second-order valence-corrected chi connectivity index (χ2v) is 6.65. The van der Waals surface area contributed by atoms with Crippen LogP contribution in [-0.4, -0.2) is 30.0 Å². The first kappa shape index (κ1) is 15.9. The molecule has 0 spiro atoms. The van der Waals surface area contributed by atoms with Gasteiger partial charge in [-0.2, -0.15) is 0 Å². The zero-order valence-corrected chi connectivity index (χ0v) is 14.0. The third-order valence-electron chi connectivity index (χ3n) is 2.67. The van der Waals surface area contributed by atoms with Crippen molar-refractivity contribution in [3.05, 3.63) is 34.4 Å². The van der Waals surface area contributed by atoms with E-state index in [1.807, 2.05) is 25.1 Å². The molecule has 2 rings (SSSR count). The minimum absolute atomic E-state index is 0.0107. The SMILES string of the molecule is CCOc1cccc(CNS(=O)(=O)c2c(Br)nnn2C)c1. The zero-order chi connectivity index (χ0) is 15.5. The standard InChI is InChI=1S/C12H15BrN4O3S/c1-3-20-10-6-4-5-9(7-10)8-14-21(18,19)12-11(13)15-16-17(12)2/h4-7,14H,3,8H2,1-2H3. The minimum atomic E-state index is -3.70. The van der Waals surface area contributed by atoms with Crippen LogP contribution < -0.4 is 9.46 Å². The first-order valence-corrected chi connectivity index (χ1v) is 8.48. The van der Waals surface area contributed by atoms with E-state index in [0.29, 0.717) is 12.4 Å². The number of hydrogen-bond donors (Lipinski definition) is 1. The number of nitrogens with one attached hydrogen (secondary N) is 1. The summed E-state index contributed by atoms with van der Waals surface area (Å²) < 4.78 is 33.8. The van der Waals surface area contributed by atoms with Crippen LogP contribution in [-0.2, 0) is 23.6 Å². The molecule has 0 aliphatic heterocycles. The molecule has 0 saturated heterocycles. The first-order chi connectivity index (χ1) is 9.94. The highest BCUT2D eigenvalue weighted by atomic mass is 79.9. The second-order valence-electron chi connectivity index (χ2n) is 4.21. The van der Waals surface area contributed by atoms with Crippen LogP contribution in [0, 0.1) is 0 Å². The van der Waals surface area contributed by atoms with Gasteiger partial charge in [-0.15, -0.1) is 5.10 Å². The van der Waals surface area contributed by atoms with Gasteiger partial charge in [0.25, 0.3) is 10.0 Å². The number of nitrogens with zero attached hydrogens (tertiary/aromatic N) is 3. The third-order valence-corrected chi connectivity index (χ3v) is 4.96. The highest BCUT2D eigenvalue weighted by Crippen LogP contribution is 2.18. The molecule has 0 radical (unpaired) electrons. The van der Waals surface area contributed by atoms with Gasteiger partial charge in [-0.3, -0.25) is 0 Å². The van der Waals surface area contributed by atoms with Crippen LogP contribution in [0.5, 0.6) is 5.75 Å². The van der Waals surface area contributed by atoms with Gasteiger partial charge in [0.15, 0.2) is 4.60 Å². The van der Waals surface area contributed by atoms with Crippen LogP contribution in [0.3, 0.4) is 0 Å². The van der Waals surface area contributed by atoms with Crippen molar-refractivity contribution in [2.24, 2.45) is 7.05 Å². The number of benzene rings is 1. The lowest BCUT2D eigenvalue weighted by atomic mass is 10.2. The number of aryl methyl sites for hydroxylation is 1. The fourth-order valence-corrected chi connectivity index (χ4v) is 3.87. The lowest BCUT2D eigenvalue weighted by molar-refractivity contribution is 0.340. The molecular formula is C12H15BrN4O3S. The van der Waals surface area contributed by atoms with Crippen LogP contribution in [0.4, 0.5) is 0 Å². The normalized spacial score (nSPS) is 11.6. The summed E-state index contributed by atoms with van der Waals surface area (Å²) in [6.07, 6.45) is 0.